The van der Waals surface area contributed by atoms with Crippen LogP contribution in [-0.2, 0) is 4.74 Å². The molecule has 0 saturated heterocycles. The van der Waals surface area contributed by atoms with Gasteiger partial charge in [0.05, 0.1) is 22.7 Å². The van der Waals surface area contributed by atoms with Gasteiger partial charge in [-0.1, -0.05) is 24.3 Å². The van der Waals surface area contributed by atoms with Crippen molar-refractivity contribution in [2.24, 2.45) is 5.92 Å². The monoisotopic (exact) mass is 509 g/mol. The fourth-order valence-electron chi connectivity index (χ4n) is 5.06. The standard InChI is InChI=1S/C29H27N5O4/c30-16-24-23-13-10-20(27-25(34(36)37)5-2-14-31-27)15-26(23)33(22-3-1-4-22)28(24)19-8-11-21(12-9-19)32-29(35)38-17-18-6-7-18/h2,5,8-16,18,22,30H,1,3-4,6-7,17H2,(H,32,35). The molecule has 38 heavy (non-hydrogen) atoms. The lowest BCUT2D eigenvalue weighted by atomic mass is 9.92. The van der Waals surface area contributed by atoms with Gasteiger partial charge < -0.3 is 14.7 Å². The first-order valence-electron chi connectivity index (χ1n) is 12.9. The second-order valence-electron chi connectivity index (χ2n) is 9.97. The lowest BCUT2D eigenvalue weighted by molar-refractivity contribution is -0.384. The van der Waals surface area contributed by atoms with Gasteiger partial charge in [-0.15, -0.1) is 0 Å². The number of nitrogens with one attached hydrogen (secondary N) is 2. The normalized spacial score (nSPS) is 15.2. The lowest BCUT2D eigenvalue weighted by Crippen LogP contribution is -2.18. The van der Waals surface area contributed by atoms with E-state index in [0.29, 0.717) is 29.5 Å². The minimum absolute atomic E-state index is 0.0418. The first-order valence-corrected chi connectivity index (χ1v) is 12.9. The fraction of sp³-hybridized carbons (Fsp3) is 0.276. The van der Waals surface area contributed by atoms with Crippen molar-refractivity contribution < 1.29 is 14.5 Å². The number of nitro groups is 1. The van der Waals surface area contributed by atoms with E-state index in [-0.39, 0.29) is 11.7 Å². The zero-order valence-corrected chi connectivity index (χ0v) is 20.7. The molecule has 192 valence electrons. The number of aromatic nitrogens is 2. The third-order valence-corrected chi connectivity index (χ3v) is 7.44. The molecule has 0 spiro atoms. The summed E-state index contributed by atoms with van der Waals surface area (Å²) in [6.45, 7) is 0.456. The number of anilines is 1. The second-order valence-corrected chi connectivity index (χ2v) is 9.97. The van der Waals surface area contributed by atoms with Crippen LogP contribution >= 0.6 is 0 Å². The Hall–Kier alpha value is -4.53. The Bertz CT molecular complexity index is 1550. The van der Waals surface area contributed by atoms with Crippen LogP contribution in [0.1, 0.15) is 43.7 Å². The molecule has 9 heteroatoms. The van der Waals surface area contributed by atoms with E-state index in [9.17, 15) is 14.9 Å². The quantitative estimate of drug-likeness (QED) is 0.151. The van der Waals surface area contributed by atoms with E-state index in [4.69, 9.17) is 10.1 Å². The minimum Gasteiger partial charge on any atom is -0.449 e. The summed E-state index contributed by atoms with van der Waals surface area (Å²) in [5.41, 5.74) is 5.15. The van der Waals surface area contributed by atoms with E-state index in [2.05, 4.69) is 14.9 Å². The Kier molecular flexibility index (Phi) is 6.11. The number of rotatable bonds is 8. The number of benzene rings is 2. The topological polar surface area (TPSA) is 123 Å². The Morgan fingerprint density at radius 2 is 1.89 bits per heavy atom. The molecule has 0 unspecified atom stereocenters. The van der Waals surface area contributed by atoms with Crippen LogP contribution in [0.3, 0.4) is 0 Å². The van der Waals surface area contributed by atoms with Gasteiger partial charge in [0.25, 0.3) is 5.69 Å². The van der Waals surface area contributed by atoms with Gasteiger partial charge in [-0.2, -0.15) is 0 Å². The van der Waals surface area contributed by atoms with Crippen molar-refractivity contribution in [2.75, 3.05) is 11.9 Å². The van der Waals surface area contributed by atoms with Crippen LogP contribution in [0, 0.1) is 21.4 Å². The molecule has 0 bridgehead atoms. The van der Waals surface area contributed by atoms with E-state index in [0.717, 1.165) is 59.8 Å². The molecule has 0 radical (unpaired) electrons. The van der Waals surface area contributed by atoms with Crippen LogP contribution in [0.5, 0.6) is 0 Å². The molecule has 0 aliphatic heterocycles. The first-order chi connectivity index (χ1) is 18.5. The predicted octanol–water partition coefficient (Wildman–Crippen LogP) is 6.96. The molecular weight excluding hydrogens is 482 g/mol. The molecule has 2 saturated carbocycles. The van der Waals surface area contributed by atoms with Gasteiger partial charge >= 0.3 is 6.09 Å². The largest absolute Gasteiger partial charge is 0.449 e. The summed E-state index contributed by atoms with van der Waals surface area (Å²) < 4.78 is 7.54. The van der Waals surface area contributed by atoms with Gasteiger partial charge in [-0.05, 0) is 67.9 Å². The third kappa shape index (κ3) is 4.40. The van der Waals surface area contributed by atoms with E-state index in [1.54, 1.807) is 12.3 Å². The lowest BCUT2D eigenvalue weighted by Gasteiger charge is -2.30. The average Bonchev–Trinajstić information content (AvgIpc) is 3.68. The summed E-state index contributed by atoms with van der Waals surface area (Å²) in [6.07, 6.45) is 7.88. The van der Waals surface area contributed by atoms with E-state index >= 15 is 0 Å². The van der Waals surface area contributed by atoms with Crippen molar-refractivity contribution in [3.8, 4) is 22.5 Å². The molecule has 2 aliphatic rings. The Labute approximate surface area is 219 Å². The van der Waals surface area contributed by atoms with Crippen molar-refractivity contribution in [1.82, 2.24) is 9.55 Å². The zero-order chi connectivity index (χ0) is 26.2. The summed E-state index contributed by atoms with van der Waals surface area (Å²) >= 11 is 0. The molecule has 6 rings (SSSR count). The summed E-state index contributed by atoms with van der Waals surface area (Å²) in [5.74, 6) is 0.500. The third-order valence-electron chi connectivity index (χ3n) is 7.44. The van der Waals surface area contributed by atoms with Crippen LogP contribution < -0.4 is 5.32 Å². The average molecular weight is 510 g/mol. The number of pyridine rings is 1. The van der Waals surface area contributed by atoms with Crippen LogP contribution in [0.2, 0.25) is 0 Å². The highest BCUT2D eigenvalue weighted by molar-refractivity contribution is 6.07. The van der Waals surface area contributed by atoms with Crippen molar-refractivity contribution in [3.05, 3.63) is 76.5 Å². The number of hydrogen-bond donors (Lipinski definition) is 2. The number of carbonyl (C=O) groups is 1. The Balaban J connectivity index is 1.41. The van der Waals surface area contributed by atoms with Crippen molar-refractivity contribution in [2.45, 2.75) is 38.1 Å². The first kappa shape index (κ1) is 23.8. The van der Waals surface area contributed by atoms with Crippen LogP contribution in [0.4, 0.5) is 16.2 Å². The molecule has 2 fully saturated rings. The molecule has 9 nitrogen and oxygen atoms in total. The molecule has 2 aliphatic carbocycles. The van der Waals surface area contributed by atoms with Gasteiger partial charge in [0.15, 0.2) is 0 Å². The van der Waals surface area contributed by atoms with Gasteiger partial charge in [-0.25, -0.2) is 9.78 Å². The summed E-state index contributed by atoms with van der Waals surface area (Å²) in [6, 6.07) is 16.6. The number of hydrogen-bond acceptors (Lipinski definition) is 6. The number of fused-ring (bicyclic) bond motifs is 1. The molecular formula is C29H27N5O4. The minimum atomic E-state index is -0.454. The number of amides is 1. The molecule has 4 aromatic rings. The van der Waals surface area contributed by atoms with Crippen molar-refractivity contribution in [3.63, 3.8) is 0 Å². The summed E-state index contributed by atoms with van der Waals surface area (Å²) in [4.78, 5) is 27.6. The predicted molar refractivity (Wildman–Crippen MR) is 146 cm³/mol. The molecule has 2 aromatic carbocycles. The molecule has 2 N–H and O–H groups in total. The molecule has 2 heterocycles. The Morgan fingerprint density at radius 1 is 1.13 bits per heavy atom. The van der Waals surface area contributed by atoms with E-state index < -0.39 is 11.0 Å². The van der Waals surface area contributed by atoms with Gasteiger partial charge in [0.2, 0.25) is 0 Å². The van der Waals surface area contributed by atoms with E-state index in [1.807, 2.05) is 42.5 Å². The van der Waals surface area contributed by atoms with Gasteiger partial charge in [0.1, 0.15) is 5.69 Å². The SMILES string of the molecule is N=Cc1c(-c2ccc(NC(=O)OCC3CC3)cc2)n(C2CCC2)c2cc(-c3ncccc3[N+](=O)[O-])ccc12. The highest BCUT2D eigenvalue weighted by Gasteiger charge is 2.28. The highest BCUT2D eigenvalue weighted by atomic mass is 16.6. The molecule has 1 amide bonds. The molecule has 2 aromatic heterocycles. The smallest absolute Gasteiger partial charge is 0.411 e. The number of carbonyl (C=O) groups excluding carboxylic acids is 1. The highest BCUT2D eigenvalue weighted by Crippen LogP contribution is 2.43. The van der Waals surface area contributed by atoms with Gasteiger partial charge in [-0.3, -0.25) is 15.4 Å². The fourth-order valence-corrected chi connectivity index (χ4v) is 5.06. The maximum absolute atomic E-state index is 12.1. The van der Waals surface area contributed by atoms with Crippen LogP contribution in [0.15, 0.2) is 60.8 Å². The maximum atomic E-state index is 12.1. The van der Waals surface area contributed by atoms with Crippen molar-refractivity contribution in [1.29, 1.82) is 5.41 Å². The molecule has 0 atom stereocenters. The summed E-state index contributed by atoms with van der Waals surface area (Å²) in [7, 11) is 0. The number of nitrogens with zero attached hydrogens (tertiary/aromatic N) is 3. The number of ether oxygens (including phenoxy) is 1. The maximum Gasteiger partial charge on any atom is 0.411 e. The van der Waals surface area contributed by atoms with E-state index in [1.165, 1.54) is 12.3 Å². The Morgan fingerprint density at radius 3 is 2.55 bits per heavy atom. The zero-order valence-electron chi connectivity index (χ0n) is 20.7. The van der Waals surface area contributed by atoms with Crippen LogP contribution in [-0.4, -0.2) is 33.4 Å². The summed E-state index contributed by atoms with van der Waals surface area (Å²) in [5, 5.41) is 23.6. The van der Waals surface area contributed by atoms with Gasteiger partial charge in [0, 0.05) is 46.7 Å². The second kappa shape index (κ2) is 9.74. The van der Waals surface area contributed by atoms with Crippen molar-refractivity contribution >= 4 is 34.6 Å². The van der Waals surface area contributed by atoms with Crippen LogP contribution in [0.25, 0.3) is 33.4 Å².